The zero-order valence-electron chi connectivity index (χ0n) is 16.5. The van der Waals surface area contributed by atoms with Gasteiger partial charge in [0.2, 0.25) is 0 Å². The van der Waals surface area contributed by atoms with Crippen molar-refractivity contribution >= 4 is 17.6 Å². The quantitative estimate of drug-likeness (QED) is 0.417. The Hall–Kier alpha value is -3.73. The number of rotatable bonds is 8. The van der Waals surface area contributed by atoms with E-state index >= 15 is 0 Å². The molecule has 10 heteroatoms. The smallest absolute Gasteiger partial charge is 0.143 e. The molecular formula is C21H17FN6O2S. The van der Waals surface area contributed by atoms with Crippen molar-refractivity contribution < 1.29 is 13.9 Å². The molecule has 0 bridgehead atoms. The normalized spacial score (nSPS) is 10.3. The second-order valence-electron chi connectivity index (χ2n) is 6.17. The highest BCUT2D eigenvalue weighted by atomic mass is 32.2. The minimum atomic E-state index is -0.455. The summed E-state index contributed by atoms with van der Waals surface area (Å²) in [6.07, 6.45) is 4.13. The molecule has 3 aromatic heterocycles. The van der Waals surface area contributed by atoms with Crippen LogP contribution in [0.2, 0.25) is 0 Å². The van der Waals surface area contributed by atoms with Crippen molar-refractivity contribution in [1.29, 1.82) is 10.5 Å². The van der Waals surface area contributed by atoms with Crippen LogP contribution in [-0.4, -0.2) is 35.3 Å². The Morgan fingerprint density at radius 3 is 2.58 bits per heavy atom. The second kappa shape index (κ2) is 10.3. The zero-order valence-corrected chi connectivity index (χ0v) is 17.3. The highest BCUT2D eigenvalue weighted by molar-refractivity contribution is 7.98. The number of nitrogen functional groups attached to an aromatic ring is 1. The van der Waals surface area contributed by atoms with Gasteiger partial charge in [-0.3, -0.25) is 9.97 Å². The summed E-state index contributed by atoms with van der Waals surface area (Å²) in [6.45, 7) is 0.795. The Kier molecular flexibility index (Phi) is 7.33. The summed E-state index contributed by atoms with van der Waals surface area (Å²) in [7, 11) is 1.58. The third-order valence-electron chi connectivity index (χ3n) is 4.10. The van der Waals surface area contributed by atoms with Gasteiger partial charge in [0.15, 0.2) is 0 Å². The first-order chi connectivity index (χ1) is 15.1. The van der Waals surface area contributed by atoms with Gasteiger partial charge in [-0.05, 0) is 23.8 Å². The van der Waals surface area contributed by atoms with Gasteiger partial charge in [0.05, 0.1) is 30.3 Å². The number of anilines is 1. The van der Waals surface area contributed by atoms with Crippen LogP contribution >= 0.6 is 11.8 Å². The number of nitrogens with zero attached hydrogens (tertiary/aromatic N) is 5. The van der Waals surface area contributed by atoms with Gasteiger partial charge in [-0.2, -0.15) is 10.5 Å². The third-order valence-corrected chi connectivity index (χ3v) is 5.15. The molecule has 0 spiro atoms. The number of halogens is 1. The van der Waals surface area contributed by atoms with E-state index in [0.717, 1.165) is 6.20 Å². The van der Waals surface area contributed by atoms with Crippen molar-refractivity contribution in [2.75, 3.05) is 26.1 Å². The fraction of sp³-hybridized carbons (Fsp3) is 0.190. The van der Waals surface area contributed by atoms with E-state index in [4.69, 9.17) is 15.2 Å². The maximum absolute atomic E-state index is 13.4. The monoisotopic (exact) mass is 436 g/mol. The van der Waals surface area contributed by atoms with E-state index in [1.54, 1.807) is 19.2 Å². The van der Waals surface area contributed by atoms with Crippen molar-refractivity contribution in [2.24, 2.45) is 0 Å². The van der Waals surface area contributed by atoms with Crippen molar-refractivity contribution in [3.63, 3.8) is 0 Å². The third kappa shape index (κ3) is 5.25. The molecule has 0 saturated heterocycles. The van der Waals surface area contributed by atoms with Gasteiger partial charge in [-0.15, -0.1) is 11.8 Å². The van der Waals surface area contributed by atoms with E-state index < -0.39 is 5.82 Å². The Morgan fingerprint density at radius 1 is 1.13 bits per heavy atom. The van der Waals surface area contributed by atoms with E-state index in [1.165, 1.54) is 30.2 Å². The van der Waals surface area contributed by atoms with Crippen molar-refractivity contribution in [1.82, 2.24) is 15.0 Å². The second-order valence-corrected chi connectivity index (χ2v) is 7.14. The zero-order chi connectivity index (χ0) is 22.2. The molecule has 0 unspecified atom stereocenters. The largest absolute Gasteiger partial charge is 0.490 e. The number of pyridine rings is 3. The lowest BCUT2D eigenvalue weighted by molar-refractivity contribution is 0.146. The first-order valence-electron chi connectivity index (χ1n) is 9.01. The molecule has 0 aliphatic heterocycles. The molecule has 3 aromatic rings. The molecule has 156 valence electrons. The van der Waals surface area contributed by atoms with E-state index in [9.17, 15) is 14.9 Å². The SMILES string of the molecule is COCCOc1ccc(-c2c(C#N)c(N)nc(SCc3cncc(F)c3)c2C#N)nc1. The van der Waals surface area contributed by atoms with E-state index in [-0.39, 0.29) is 16.9 Å². The number of nitriles is 2. The number of nitrogens with two attached hydrogens (primary N) is 1. The maximum Gasteiger partial charge on any atom is 0.143 e. The molecule has 2 N–H and O–H groups in total. The number of methoxy groups -OCH3 is 1. The van der Waals surface area contributed by atoms with E-state index in [0.29, 0.717) is 46.6 Å². The van der Waals surface area contributed by atoms with Crippen LogP contribution in [0, 0.1) is 28.5 Å². The Labute approximate surface area is 182 Å². The first kappa shape index (κ1) is 22.0. The van der Waals surface area contributed by atoms with Crippen LogP contribution < -0.4 is 10.5 Å². The molecule has 31 heavy (non-hydrogen) atoms. The first-order valence-corrected chi connectivity index (χ1v) is 10.00. The molecule has 3 heterocycles. The standard InChI is InChI=1S/C21H17FN6O2S/c1-29-4-5-30-15-2-3-18(27-11-15)19-16(7-23)20(25)28-21(17(19)8-24)31-12-13-6-14(22)10-26-9-13/h2-3,6,9-11H,4-5,12H2,1H3,(H2,25,28). The number of aromatic nitrogens is 3. The van der Waals surface area contributed by atoms with Crippen LogP contribution in [0.5, 0.6) is 5.75 Å². The van der Waals surface area contributed by atoms with Crippen molar-refractivity contribution in [3.8, 4) is 29.1 Å². The van der Waals surface area contributed by atoms with Crippen LogP contribution in [0.25, 0.3) is 11.3 Å². The topological polar surface area (TPSA) is 131 Å². The lowest BCUT2D eigenvalue weighted by Crippen LogP contribution is -2.05. The molecule has 8 nitrogen and oxygen atoms in total. The van der Waals surface area contributed by atoms with Crippen LogP contribution in [0.4, 0.5) is 10.2 Å². The van der Waals surface area contributed by atoms with Gasteiger partial charge < -0.3 is 15.2 Å². The molecule has 0 saturated carbocycles. The fourth-order valence-electron chi connectivity index (χ4n) is 2.70. The molecule has 0 radical (unpaired) electrons. The molecule has 0 amide bonds. The minimum Gasteiger partial charge on any atom is -0.490 e. The summed E-state index contributed by atoms with van der Waals surface area (Å²) in [5.74, 6) is 0.368. The van der Waals surface area contributed by atoms with Crippen LogP contribution in [0.3, 0.4) is 0 Å². The predicted octanol–water partition coefficient (Wildman–Crippen LogP) is 3.32. The Morgan fingerprint density at radius 2 is 1.94 bits per heavy atom. The lowest BCUT2D eigenvalue weighted by atomic mass is 10.0. The average Bonchev–Trinajstić information content (AvgIpc) is 2.78. The summed E-state index contributed by atoms with van der Waals surface area (Å²) in [5.41, 5.74) is 7.53. The summed E-state index contributed by atoms with van der Waals surface area (Å²) < 4.78 is 23.8. The van der Waals surface area contributed by atoms with E-state index in [1.807, 2.05) is 6.07 Å². The van der Waals surface area contributed by atoms with Crippen molar-refractivity contribution in [2.45, 2.75) is 10.8 Å². The number of hydrogen-bond donors (Lipinski definition) is 1. The van der Waals surface area contributed by atoms with Gasteiger partial charge in [-0.1, -0.05) is 0 Å². The van der Waals surface area contributed by atoms with Gasteiger partial charge in [0.25, 0.3) is 0 Å². The molecular weight excluding hydrogens is 419 g/mol. The highest BCUT2D eigenvalue weighted by Gasteiger charge is 2.21. The average molecular weight is 436 g/mol. The Balaban J connectivity index is 1.97. The van der Waals surface area contributed by atoms with Gasteiger partial charge in [-0.25, -0.2) is 9.37 Å². The van der Waals surface area contributed by atoms with Crippen LogP contribution in [-0.2, 0) is 10.5 Å². The van der Waals surface area contributed by atoms with Crippen LogP contribution in [0.15, 0.2) is 41.8 Å². The number of hydrogen-bond acceptors (Lipinski definition) is 9. The Bertz CT molecular complexity index is 1160. The summed E-state index contributed by atoms with van der Waals surface area (Å²) >= 11 is 1.20. The number of ether oxygens (including phenoxy) is 2. The molecule has 0 aromatic carbocycles. The maximum atomic E-state index is 13.4. The molecule has 0 aliphatic rings. The minimum absolute atomic E-state index is 0.0152. The van der Waals surface area contributed by atoms with Gasteiger partial charge in [0, 0.05) is 24.6 Å². The fourth-order valence-corrected chi connectivity index (χ4v) is 3.62. The number of thioether (sulfide) groups is 1. The summed E-state index contributed by atoms with van der Waals surface area (Å²) in [4.78, 5) is 12.4. The molecule has 3 rings (SSSR count). The molecule has 0 fully saturated rings. The van der Waals surface area contributed by atoms with E-state index in [2.05, 4.69) is 21.0 Å². The van der Waals surface area contributed by atoms with Gasteiger partial charge >= 0.3 is 0 Å². The molecule has 0 aliphatic carbocycles. The lowest BCUT2D eigenvalue weighted by Gasteiger charge is -2.13. The highest BCUT2D eigenvalue weighted by Crippen LogP contribution is 2.36. The summed E-state index contributed by atoms with van der Waals surface area (Å²) in [6, 6.07) is 8.78. The van der Waals surface area contributed by atoms with Crippen molar-refractivity contribution in [3.05, 3.63) is 59.3 Å². The summed E-state index contributed by atoms with van der Waals surface area (Å²) in [5, 5.41) is 19.7. The molecule has 0 atom stereocenters. The van der Waals surface area contributed by atoms with Gasteiger partial charge in [0.1, 0.15) is 46.7 Å². The van der Waals surface area contributed by atoms with Crippen LogP contribution in [0.1, 0.15) is 16.7 Å². The predicted molar refractivity (Wildman–Crippen MR) is 112 cm³/mol.